The van der Waals surface area contributed by atoms with Crippen LogP contribution in [0.4, 0.5) is 0 Å². The Bertz CT molecular complexity index is 971. The lowest BCUT2D eigenvalue weighted by atomic mass is 10.1. The van der Waals surface area contributed by atoms with Crippen LogP contribution in [0.3, 0.4) is 0 Å². The van der Waals surface area contributed by atoms with Gasteiger partial charge in [-0.3, -0.25) is 4.79 Å². The summed E-state index contributed by atoms with van der Waals surface area (Å²) in [5, 5.41) is 13.3. The first-order valence-corrected chi connectivity index (χ1v) is 8.19. The second-order valence-electron chi connectivity index (χ2n) is 5.28. The molecule has 0 saturated carbocycles. The van der Waals surface area contributed by atoms with Gasteiger partial charge in [-0.15, -0.1) is 0 Å². The number of benzene rings is 2. The maximum atomic E-state index is 12.9. The molecule has 0 radical (unpaired) electrons. The van der Waals surface area contributed by atoms with Crippen LogP contribution >= 0.6 is 23.2 Å². The van der Waals surface area contributed by atoms with Crippen LogP contribution in [0.5, 0.6) is 5.75 Å². The Morgan fingerprint density at radius 1 is 1.15 bits per heavy atom. The van der Waals surface area contributed by atoms with E-state index in [1.54, 1.807) is 10.9 Å². The molecule has 0 aliphatic heterocycles. The first kappa shape index (κ1) is 18.0. The van der Waals surface area contributed by atoms with E-state index in [1.165, 1.54) is 18.3 Å². The van der Waals surface area contributed by atoms with Gasteiger partial charge in [-0.25, -0.2) is 9.48 Å². The number of nitrogens with zero attached hydrogens (tertiary/aromatic N) is 2. The van der Waals surface area contributed by atoms with Gasteiger partial charge in [0.2, 0.25) is 0 Å². The number of rotatable bonds is 6. The first-order valence-electron chi connectivity index (χ1n) is 7.44. The molecule has 0 spiro atoms. The Morgan fingerprint density at radius 3 is 2.58 bits per heavy atom. The molecular weight excluding hydrogens is 379 g/mol. The molecule has 0 atom stereocenters. The van der Waals surface area contributed by atoms with Crippen LogP contribution in [-0.4, -0.2) is 33.2 Å². The van der Waals surface area contributed by atoms with Gasteiger partial charge in [0.25, 0.3) is 0 Å². The molecule has 3 rings (SSSR count). The molecule has 0 saturated heterocycles. The molecule has 1 heterocycles. The lowest BCUT2D eigenvalue weighted by Crippen LogP contribution is -2.13. The maximum absolute atomic E-state index is 12.9. The number of carboxylic acids is 1. The lowest BCUT2D eigenvalue weighted by molar-refractivity contribution is -0.139. The minimum absolute atomic E-state index is 0.0315. The van der Waals surface area contributed by atoms with E-state index in [-0.39, 0.29) is 26.9 Å². The summed E-state index contributed by atoms with van der Waals surface area (Å²) < 4.78 is 6.73. The summed E-state index contributed by atoms with van der Waals surface area (Å²) in [5.74, 6) is -1.65. The molecule has 6 nitrogen and oxygen atoms in total. The number of ketones is 1. The molecule has 0 bridgehead atoms. The van der Waals surface area contributed by atoms with E-state index >= 15 is 0 Å². The van der Waals surface area contributed by atoms with Crippen molar-refractivity contribution < 1.29 is 19.4 Å². The van der Waals surface area contributed by atoms with Crippen molar-refractivity contribution in [3.05, 3.63) is 76.0 Å². The van der Waals surface area contributed by atoms with Crippen molar-refractivity contribution in [2.45, 2.75) is 0 Å². The number of hydrogen-bond donors (Lipinski definition) is 1. The second-order valence-corrected chi connectivity index (χ2v) is 6.13. The third kappa shape index (κ3) is 3.87. The Kier molecular flexibility index (Phi) is 5.25. The molecule has 3 aromatic rings. The summed E-state index contributed by atoms with van der Waals surface area (Å²) in [6.45, 7) is -0.634. The number of halogens is 2. The number of carbonyl (C=O) groups excluding carboxylic acids is 1. The predicted octanol–water partition coefficient (Wildman–Crippen LogP) is 3.87. The van der Waals surface area contributed by atoms with Gasteiger partial charge in [0, 0.05) is 11.2 Å². The smallest absolute Gasteiger partial charge is 0.341 e. The van der Waals surface area contributed by atoms with Gasteiger partial charge in [0.1, 0.15) is 5.75 Å². The van der Waals surface area contributed by atoms with Crippen LogP contribution < -0.4 is 4.74 Å². The molecule has 0 amide bonds. The average Bonchev–Trinajstić information content (AvgIpc) is 3.10. The summed E-state index contributed by atoms with van der Waals surface area (Å²) in [7, 11) is 0. The number of aromatic nitrogens is 2. The summed E-state index contributed by atoms with van der Waals surface area (Å²) in [6.07, 6.45) is 2.97. The molecule has 2 aromatic carbocycles. The van der Waals surface area contributed by atoms with Crippen molar-refractivity contribution in [1.82, 2.24) is 9.78 Å². The number of hydrogen-bond acceptors (Lipinski definition) is 4. The van der Waals surface area contributed by atoms with Crippen molar-refractivity contribution in [2.24, 2.45) is 0 Å². The van der Waals surface area contributed by atoms with E-state index in [0.29, 0.717) is 0 Å². The third-order valence-electron chi connectivity index (χ3n) is 3.46. The minimum atomic E-state index is -1.19. The zero-order chi connectivity index (χ0) is 18.7. The molecule has 0 fully saturated rings. The van der Waals surface area contributed by atoms with Crippen molar-refractivity contribution in [2.75, 3.05) is 6.61 Å². The molecule has 0 aliphatic carbocycles. The van der Waals surface area contributed by atoms with Crippen molar-refractivity contribution in [3.63, 3.8) is 0 Å². The predicted molar refractivity (Wildman–Crippen MR) is 96.6 cm³/mol. The van der Waals surface area contributed by atoms with Crippen LogP contribution in [0.15, 0.2) is 54.9 Å². The highest BCUT2D eigenvalue weighted by Gasteiger charge is 2.21. The average molecular weight is 391 g/mol. The van der Waals surface area contributed by atoms with E-state index in [1.807, 2.05) is 30.3 Å². The van der Waals surface area contributed by atoms with Crippen LogP contribution in [0.2, 0.25) is 10.0 Å². The molecule has 0 aliphatic rings. The Balaban J connectivity index is 1.97. The summed E-state index contributed by atoms with van der Waals surface area (Å²) in [5.41, 5.74) is 1.14. The quantitative estimate of drug-likeness (QED) is 0.645. The zero-order valence-electron chi connectivity index (χ0n) is 13.2. The molecule has 26 heavy (non-hydrogen) atoms. The molecular formula is C18H12Cl2N2O4. The molecule has 8 heteroatoms. The second kappa shape index (κ2) is 7.59. The largest absolute Gasteiger partial charge is 0.480 e. The summed E-state index contributed by atoms with van der Waals surface area (Å²) >= 11 is 12.1. The SMILES string of the molecule is O=C(O)COc1c(Cl)cc(Cl)cc1C(=O)c1cnn(-c2ccccc2)c1. The van der Waals surface area contributed by atoms with E-state index < -0.39 is 18.4 Å². The van der Waals surface area contributed by atoms with Crippen molar-refractivity contribution in [3.8, 4) is 11.4 Å². The number of carboxylic acid groups (broad SMARTS) is 1. The van der Waals surface area contributed by atoms with Gasteiger partial charge in [-0.2, -0.15) is 5.10 Å². The fourth-order valence-corrected chi connectivity index (χ4v) is 2.88. The highest BCUT2D eigenvalue weighted by Crippen LogP contribution is 2.34. The van der Waals surface area contributed by atoms with Gasteiger partial charge >= 0.3 is 5.97 Å². The van der Waals surface area contributed by atoms with Crippen LogP contribution in [0.1, 0.15) is 15.9 Å². The van der Waals surface area contributed by atoms with E-state index in [2.05, 4.69) is 5.10 Å². The van der Waals surface area contributed by atoms with E-state index in [9.17, 15) is 9.59 Å². The molecule has 132 valence electrons. The minimum Gasteiger partial charge on any atom is -0.480 e. The number of ether oxygens (including phenoxy) is 1. The van der Waals surface area contributed by atoms with E-state index in [4.69, 9.17) is 33.0 Å². The number of carbonyl (C=O) groups is 2. The highest BCUT2D eigenvalue weighted by molar-refractivity contribution is 6.36. The lowest BCUT2D eigenvalue weighted by Gasteiger charge is -2.11. The summed E-state index contributed by atoms with van der Waals surface area (Å²) in [4.78, 5) is 23.6. The van der Waals surface area contributed by atoms with Gasteiger partial charge in [0.15, 0.2) is 12.4 Å². The monoisotopic (exact) mass is 390 g/mol. The summed E-state index contributed by atoms with van der Waals surface area (Å²) in [6, 6.07) is 12.0. The van der Waals surface area contributed by atoms with Crippen molar-refractivity contribution >= 4 is 35.0 Å². The number of aliphatic carboxylic acids is 1. The van der Waals surface area contributed by atoms with Gasteiger partial charge in [-0.05, 0) is 24.3 Å². The first-order chi connectivity index (χ1) is 12.5. The van der Waals surface area contributed by atoms with Crippen LogP contribution in [0, 0.1) is 0 Å². The fourth-order valence-electron chi connectivity index (χ4n) is 2.33. The van der Waals surface area contributed by atoms with Gasteiger partial charge in [0.05, 0.1) is 28.0 Å². The molecule has 1 N–H and O–H groups in total. The normalized spacial score (nSPS) is 10.5. The maximum Gasteiger partial charge on any atom is 0.341 e. The standard InChI is InChI=1S/C18H12Cl2N2O4/c19-12-6-14(18(15(20)7-12)26-10-16(23)24)17(25)11-8-21-22(9-11)13-4-2-1-3-5-13/h1-9H,10H2,(H,23,24). The van der Waals surface area contributed by atoms with Crippen LogP contribution in [0.25, 0.3) is 5.69 Å². The Morgan fingerprint density at radius 2 is 1.88 bits per heavy atom. The Hall–Kier alpha value is -2.83. The van der Waals surface area contributed by atoms with Crippen molar-refractivity contribution in [1.29, 1.82) is 0 Å². The third-order valence-corrected chi connectivity index (χ3v) is 3.96. The van der Waals surface area contributed by atoms with E-state index in [0.717, 1.165) is 5.69 Å². The zero-order valence-corrected chi connectivity index (χ0v) is 14.7. The Labute approximate surface area is 158 Å². The number of para-hydroxylation sites is 1. The molecule has 0 unspecified atom stereocenters. The molecule has 1 aromatic heterocycles. The highest BCUT2D eigenvalue weighted by atomic mass is 35.5. The topological polar surface area (TPSA) is 81.4 Å². The van der Waals surface area contributed by atoms with Gasteiger partial charge in [-0.1, -0.05) is 41.4 Å². The van der Waals surface area contributed by atoms with Crippen LogP contribution in [-0.2, 0) is 4.79 Å². The fraction of sp³-hybridized carbons (Fsp3) is 0.0556. The van der Waals surface area contributed by atoms with Gasteiger partial charge < -0.3 is 9.84 Å².